The second-order valence-electron chi connectivity index (χ2n) is 6.30. The van der Waals surface area contributed by atoms with Crippen LogP contribution in [-0.4, -0.2) is 48.6 Å². The Labute approximate surface area is 161 Å². The van der Waals surface area contributed by atoms with Crippen molar-refractivity contribution in [2.75, 3.05) is 26.8 Å². The van der Waals surface area contributed by atoms with E-state index in [4.69, 9.17) is 9.47 Å². The van der Waals surface area contributed by atoms with Gasteiger partial charge in [-0.3, -0.25) is 10.1 Å². The number of fused-ring (bicyclic) bond motifs is 1. The van der Waals surface area contributed by atoms with Crippen LogP contribution >= 0.6 is 0 Å². The van der Waals surface area contributed by atoms with E-state index in [1.165, 1.54) is 19.2 Å². The molecule has 0 aromatic heterocycles. The molecular weight excluding hydrogens is 366 g/mol. The quantitative estimate of drug-likeness (QED) is 0.463. The monoisotopic (exact) mass is 387 g/mol. The van der Waals surface area contributed by atoms with Gasteiger partial charge in [0.2, 0.25) is 0 Å². The van der Waals surface area contributed by atoms with E-state index in [0.29, 0.717) is 24.6 Å². The van der Waals surface area contributed by atoms with Gasteiger partial charge in [-0.1, -0.05) is 18.2 Å². The fraction of sp³-hybridized carbons (Fsp3) is 0.368. The molecule has 9 heteroatoms. The van der Waals surface area contributed by atoms with Gasteiger partial charge in [-0.2, -0.15) is 0 Å². The number of carbonyl (C=O) groups excluding carboxylic acids is 2. The zero-order chi connectivity index (χ0) is 20.4. The van der Waals surface area contributed by atoms with Crippen LogP contribution in [0.25, 0.3) is 0 Å². The van der Waals surface area contributed by atoms with E-state index in [-0.39, 0.29) is 29.0 Å². The van der Waals surface area contributed by atoms with Gasteiger partial charge in [-0.15, -0.1) is 0 Å². The Kier molecular flexibility index (Phi) is 5.34. The molecule has 1 saturated heterocycles. The van der Waals surface area contributed by atoms with Crippen LogP contribution in [-0.2, 0) is 19.1 Å². The van der Waals surface area contributed by atoms with Crippen LogP contribution in [0.15, 0.2) is 46.9 Å². The van der Waals surface area contributed by atoms with E-state index in [0.717, 1.165) is 0 Å². The number of esters is 2. The molecule has 0 bridgehead atoms. The number of nitrogens with one attached hydrogen (secondary N) is 1. The molecule has 0 spiro atoms. The van der Waals surface area contributed by atoms with E-state index < -0.39 is 22.8 Å². The number of para-hydroxylation sites is 1. The first-order chi connectivity index (χ1) is 13.4. The van der Waals surface area contributed by atoms with E-state index in [1.54, 1.807) is 26.0 Å². The second-order valence-corrected chi connectivity index (χ2v) is 6.30. The highest BCUT2D eigenvalue weighted by Crippen LogP contribution is 2.45. The average molecular weight is 387 g/mol. The normalized spacial score (nSPS) is 18.5. The van der Waals surface area contributed by atoms with Gasteiger partial charge in [0.15, 0.2) is 0 Å². The molecule has 2 aliphatic heterocycles. The molecule has 1 N–H and O–H groups in total. The molecule has 9 nitrogen and oxygen atoms in total. The first-order valence-electron chi connectivity index (χ1n) is 8.87. The lowest BCUT2D eigenvalue weighted by molar-refractivity contribution is -0.385. The number of nitrogens with zero attached hydrogens (tertiary/aromatic N) is 2. The van der Waals surface area contributed by atoms with Crippen molar-refractivity contribution < 1.29 is 24.0 Å². The van der Waals surface area contributed by atoms with Crippen molar-refractivity contribution >= 4 is 17.6 Å². The average Bonchev–Trinajstić information content (AvgIpc) is 3.17. The summed E-state index contributed by atoms with van der Waals surface area (Å²) < 4.78 is 10.2. The molecule has 0 amide bonds. The predicted octanol–water partition coefficient (Wildman–Crippen LogP) is 1.82. The fourth-order valence-corrected chi connectivity index (χ4v) is 3.71. The molecular formula is C19H21N3O6. The molecule has 1 atom stereocenters. The number of methoxy groups -OCH3 is 1. The number of allylic oxidation sites excluding steroid dienone is 1. The highest BCUT2D eigenvalue weighted by Gasteiger charge is 2.45. The fourth-order valence-electron chi connectivity index (χ4n) is 3.71. The highest BCUT2D eigenvalue weighted by atomic mass is 16.6. The molecule has 3 rings (SSSR count). The molecule has 1 aromatic rings. The number of nitro benzene ring substituents is 1. The maximum absolute atomic E-state index is 12.9. The molecule has 0 radical (unpaired) electrons. The van der Waals surface area contributed by atoms with E-state index >= 15 is 0 Å². The maximum atomic E-state index is 12.9. The van der Waals surface area contributed by atoms with E-state index in [2.05, 4.69) is 5.32 Å². The second kappa shape index (κ2) is 7.71. The SMILES string of the molecule is CCOC(=O)C1=C2NCCN2C(C)=C(C(=O)OC)C1c1ccccc1[N+](=O)[O-]. The summed E-state index contributed by atoms with van der Waals surface area (Å²) in [5.41, 5.74) is 0.988. The predicted molar refractivity (Wildman–Crippen MR) is 98.9 cm³/mol. The number of rotatable bonds is 5. The van der Waals surface area contributed by atoms with Crippen molar-refractivity contribution in [3.05, 3.63) is 62.6 Å². The van der Waals surface area contributed by atoms with Gasteiger partial charge >= 0.3 is 11.9 Å². The van der Waals surface area contributed by atoms with Gasteiger partial charge in [-0.05, 0) is 13.8 Å². The summed E-state index contributed by atoms with van der Waals surface area (Å²) in [6, 6.07) is 6.06. The zero-order valence-corrected chi connectivity index (χ0v) is 15.9. The summed E-state index contributed by atoms with van der Waals surface area (Å²) in [5, 5.41) is 14.8. The third-order valence-corrected chi connectivity index (χ3v) is 4.87. The Morgan fingerprint density at radius 1 is 1.29 bits per heavy atom. The van der Waals surface area contributed by atoms with Crippen LogP contribution in [0, 0.1) is 10.1 Å². The summed E-state index contributed by atoms with van der Waals surface area (Å²) in [5.74, 6) is -1.75. The highest BCUT2D eigenvalue weighted by molar-refractivity contribution is 6.00. The van der Waals surface area contributed by atoms with Gasteiger partial charge in [-0.25, -0.2) is 9.59 Å². The smallest absolute Gasteiger partial charge is 0.338 e. The van der Waals surface area contributed by atoms with Crippen molar-refractivity contribution in [1.82, 2.24) is 10.2 Å². The number of ether oxygens (including phenoxy) is 2. The Balaban J connectivity index is 2.32. The van der Waals surface area contributed by atoms with Crippen molar-refractivity contribution in [2.45, 2.75) is 19.8 Å². The lowest BCUT2D eigenvalue weighted by atomic mass is 9.80. The first-order valence-corrected chi connectivity index (χ1v) is 8.87. The summed E-state index contributed by atoms with van der Waals surface area (Å²) in [6.07, 6.45) is 0. The molecule has 1 aromatic carbocycles. The van der Waals surface area contributed by atoms with Gasteiger partial charge in [0.25, 0.3) is 5.69 Å². The number of benzene rings is 1. The van der Waals surface area contributed by atoms with Gasteiger partial charge in [0.1, 0.15) is 5.82 Å². The minimum Gasteiger partial charge on any atom is -0.466 e. The molecule has 1 fully saturated rings. The van der Waals surface area contributed by atoms with Crippen molar-refractivity contribution in [3.8, 4) is 0 Å². The molecule has 1 unspecified atom stereocenters. The molecule has 0 aliphatic carbocycles. The molecule has 28 heavy (non-hydrogen) atoms. The topological polar surface area (TPSA) is 111 Å². The third-order valence-electron chi connectivity index (χ3n) is 4.87. The van der Waals surface area contributed by atoms with Crippen molar-refractivity contribution in [1.29, 1.82) is 0 Å². The summed E-state index contributed by atoms with van der Waals surface area (Å²) in [6.45, 7) is 4.66. The Morgan fingerprint density at radius 3 is 2.64 bits per heavy atom. The summed E-state index contributed by atoms with van der Waals surface area (Å²) in [7, 11) is 1.24. The number of hydrogen-bond donors (Lipinski definition) is 1. The Morgan fingerprint density at radius 2 is 2.00 bits per heavy atom. The molecule has 148 valence electrons. The van der Waals surface area contributed by atoms with Gasteiger partial charge < -0.3 is 19.7 Å². The lowest BCUT2D eigenvalue weighted by Gasteiger charge is -2.34. The van der Waals surface area contributed by atoms with E-state index in [1.807, 2.05) is 4.90 Å². The molecule has 2 heterocycles. The Bertz CT molecular complexity index is 905. The van der Waals surface area contributed by atoms with Crippen LogP contribution in [0.4, 0.5) is 5.69 Å². The van der Waals surface area contributed by atoms with Crippen molar-refractivity contribution in [3.63, 3.8) is 0 Å². The van der Waals surface area contributed by atoms with Crippen LogP contribution in [0.1, 0.15) is 25.3 Å². The van der Waals surface area contributed by atoms with Gasteiger partial charge in [0, 0.05) is 30.4 Å². The third kappa shape index (κ3) is 3.08. The summed E-state index contributed by atoms with van der Waals surface area (Å²) >= 11 is 0. The molecule has 2 aliphatic rings. The lowest BCUT2D eigenvalue weighted by Crippen LogP contribution is -2.35. The number of carbonyl (C=O) groups is 2. The van der Waals surface area contributed by atoms with Crippen LogP contribution < -0.4 is 5.32 Å². The van der Waals surface area contributed by atoms with Gasteiger partial charge in [0.05, 0.1) is 35.7 Å². The van der Waals surface area contributed by atoms with Crippen molar-refractivity contribution in [2.24, 2.45) is 0 Å². The van der Waals surface area contributed by atoms with Crippen LogP contribution in [0.3, 0.4) is 0 Å². The largest absolute Gasteiger partial charge is 0.466 e. The maximum Gasteiger partial charge on any atom is 0.338 e. The molecule has 0 saturated carbocycles. The zero-order valence-electron chi connectivity index (χ0n) is 15.9. The number of hydrogen-bond acceptors (Lipinski definition) is 8. The first kappa shape index (κ1) is 19.4. The minimum absolute atomic E-state index is 0.134. The standard InChI is InChI=1S/C19H21N3O6/c1-4-28-19(24)16-15(12-7-5-6-8-13(12)22(25)26)14(18(23)27-3)11(2)21-10-9-20-17(16)21/h5-8,15,20H,4,9-10H2,1-3H3. The van der Waals surface area contributed by atoms with E-state index in [9.17, 15) is 19.7 Å². The summed E-state index contributed by atoms with van der Waals surface area (Å²) in [4.78, 5) is 38.5. The van der Waals surface area contributed by atoms with Crippen LogP contribution in [0.5, 0.6) is 0 Å². The Hall–Kier alpha value is -3.36. The minimum atomic E-state index is -0.982. The van der Waals surface area contributed by atoms with Crippen LogP contribution in [0.2, 0.25) is 0 Å². The number of nitro groups is 1.